The Morgan fingerprint density at radius 3 is 2.33 bits per heavy atom. The van der Waals surface area contributed by atoms with Gasteiger partial charge in [-0.1, -0.05) is 30.3 Å². The Balaban J connectivity index is 1.79. The number of ether oxygens (including phenoxy) is 1. The van der Waals surface area contributed by atoms with Crippen LogP contribution in [0, 0.1) is 5.92 Å². The van der Waals surface area contributed by atoms with Crippen molar-refractivity contribution in [1.82, 2.24) is 4.90 Å². The molecular formula is C16H19F3N2O3. The van der Waals surface area contributed by atoms with E-state index in [9.17, 15) is 22.8 Å². The molecule has 0 bridgehead atoms. The smallest absolute Gasteiger partial charge is 0.445 e. The van der Waals surface area contributed by atoms with Crippen molar-refractivity contribution in [2.75, 3.05) is 13.1 Å². The van der Waals surface area contributed by atoms with Crippen molar-refractivity contribution in [3.8, 4) is 0 Å². The van der Waals surface area contributed by atoms with Crippen LogP contribution in [0.3, 0.4) is 0 Å². The van der Waals surface area contributed by atoms with E-state index >= 15 is 0 Å². The van der Waals surface area contributed by atoms with Gasteiger partial charge >= 0.3 is 12.3 Å². The van der Waals surface area contributed by atoms with Crippen LogP contribution in [0.2, 0.25) is 0 Å². The van der Waals surface area contributed by atoms with E-state index in [1.165, 1.54) is 4.90 Å². The van der Waals surface area contributed by atoms with Crippen LogP contribution in [0.5, 0.6) is 0 Å². The zero-order chi connectivity index (χ0) is 17.7. The summed E-state index contributed by atoms with van der Waals surface area (Å²) in [7, 11) is 0. The van der Waals surface area contributed by atoms with Crippen LogP contribution >= 0.6 is 0 Å². The molecule has 5 nitrogen and oxygen atoms in total. The highest BCUT2D eigenvalue weighted by Gasteiger charge is 2.45. The van der Waals surface area contributed by atoms with E-state index in [1.807, 2.05) is 30.3 Å². The highest BCUT2D eigenvalue weighted by atomic mass is 19.4. The molecule has 1 fully saturated rings. The first kappa shape index (κ1) is 18.3. The fraction of sp³-hybridized carbons (Fsp3) is 0.500. The van der Waals surface area contributed by atoms with Crippen LogP contribution in [0.25, 0.3) is 0 Å². The molecule has 0 radical (unpaired) electrons. The molecule has 2 rings (SSSR count). The van der Waals surface area contributed by atoms with Crippen LogP contribution in [0.1, 0.15) is 18.4 Å². The Hall–Kier alpha value is -2.09. The molecule has 8 heteroatoms. The normalized spacial score (nSPS) is 17.4. The fourth-order valence-corrected chi connectivity index (χ4v) is 2.65. The highest BCUT2D eigenvalue weighted by molar-refractivity contribution is 5.89. The Kier molecular flexibility index (Phi) is 5.82. The van der Waals surface area contributed by atoms with Gasteiger partial charge in [-0.05, 0) is 24.3 Å². The number of hydrogen-bond donors (Lipinski definition) is 1. The Bertz CT molecular complexity index is 570. The molecule has 1 heterocycles. The lowest BCUT2D eigenvalue weighted by Gasteiger charge is -2.33. The molecular weight excluding hydrogens is 325 g/mol. The number of alkyl halides is 3. The summed E-state index contributed by atoms with van der Waals surface area (Å²) in [5, 5.41) is 0. The van der Waals surface area contributed by atoms with Gasteiger partial charge in [0, 0.05) is 13.1 Å². The molecule has 1 atom stereocenters. The van der Waals surface area contributed by atoms with E-state index in [4.69, 9.17) is 10.5 Å². The van der Waals surface area contributed by atoms with Crippen LogP contribution in [0.4, 0.5) is 18.0 Å². The van der Waals surface area contributed by atoms with Gasteiger partial charge < -0.3 is 15.4 Å². The van der Waals surface area contributed by atoms with E-state index in [2.05, 4.69) is 0 Å². The van der Waals surface area contributed by atoms with Crippen LogP contribution in [-0.4, -0.2) is 42.1 Å². The lowest BCUT2D eigenvalue weighted by Crippen LogP contribution is -2.50. The molecule has 1 aliphatic heterocycles. The Morgan fingerprint density at radius 2 is 1.79 bits per heavy atom. The van der Waals surface area contributed by atoms with Crippen molar-refractivity contribution in [3.63, 3.8) is 0 Å². The molecule has 1 unspecified atom stereocenters. The van der Waals surface area contributed by atoms with Crippen molar-refractivity contribution in [2.24, 2.45) is 11.7 Å². The van der Waals surface area contributed by atoms with Crippen molar-refractivity contribution < 1.29 is 27.5 Å². The molecule has 0 aliphatic carbocycles. The maximum atomic E-state index is 12.4. The van der Waals surface area contributed by atoms with Gasteiger partial charge in [-0.3, -0.25) is 4.79 Å². The molecule has 1 aromatic carbocycles. The first-order valence-corrected chi connectivity index (χ1v) is 7.61. The zero-order valence-electron chi connectivity index (χ0n) is 13.0. The second-order valence-electron chi connectivity index (χ2n) is 5.75. The topological polar surface area (TPSA) is 72.6 Å². The van der Waals surface area contributed by atoms with E-state index in [1.54, 1.807) is 0 Å². The predicted octanol–water partition coefficient (Wildman–Crippen LogP) is 2.49. The second-order valence-corrected chi connectivity index (χ2v) is 5.75. The molecule has 1 amide bonds. The number of halogens is 3. The number of hydrogen-bond acceptors (Lipinski definition) is 4. The first-order valence-electron chi connectivity index (χ1n) is 7.61. The standard InChI is InChI=1S/C16H19F3N2O3/c17-16(18,19)14(22)13(20)12-6-8-21(9-7-12)15(23)24-10-11-4-2-1-3-5-11/h1-5,12-13H,6-10,20H2. The first-order chi connectivity index (χ1) is 11.3. The summed E-state index contributed by atoms with van der Waals surface area (Å²) in [5.41, 5.74) is 6.28. The number of rotatable bonds is 4. The SMILES string of the molecule is NC(C(=O)C(F)(F)F)C1CCN(C(=O)OCc2ccccc2)CC1. The van der Waals surface area contributed by atoms with E-state index < -0.39 is 30.0 Å². The number of nitrogens with zero attached hydrogens (tertiary/aromatic N) is 1. The average Bonchev–Trinajstić information content (AvgIpc) is 2.58. The van der Waals surface area contributed by atoms with Gasteiger partial charge in [0.2, 0.25) is 0 Å². The van der Waals surface area contributed by atoms with Gasteiger partial charge in [0.05, 0.1) is 6.04 Å². The van der Waals surface area contributed by atoms with Gasteiger partial charge in [-0.25, -0.2) is 4.79 Å². The molecule has 24 heavy (non-hydrogen) atoms. The molecule has 132 valence electrons. The van der Waals surface area contributed by atoms with Crippen molar-refractivity contribution >= 4 is 11.9 Å². The highest BCUT2D eigenvalue weighted by Crippen LogP contribution is 2.26. The summed E-state index contributed by atoms with van der Waals surface area (Å²) in [4.78, 5) is 24.6. The van der Waals surface area contributed by atoms with Crippen LogP contribution < -0.4 is 5.73 Å². The predicted molar refractivity (Wildman–Crippen MR) is 80.0 cm³/mol. The van der Waals surface area contributed by atoms with E-state index in [-0.39, 0.29) is 32.5 Å². The molecule has 0 saturated carbocycles. The number of benzene rings is 1. The zero-order valence-corrected chi connectivity index (χ0v) is 13.0. The Labute approximate surface area is 137 Å². The minimum atomic E-state index is -4.93. The van der Waals surface area contributed by atoms with Gasteiger partial charge in [0.15, 0.2) is 0 Å². The number of carbonyl (C=O) groups is 2. The summed E-state index contributed by atoms with van der Waals surface area (Å²) < 4.78 is 42.4. The maximum absolute atomic E-state index is 12.4. The summed E-state index contributed by atoms with van der Waals surface area (Å²) >= 11 is 0. The second kappa shape index (κ2) is 7.65. The van der Waals surface area contributed by atoms with Crippen molar-refractivity contribution in [3.05, 3.63) is 35.9 Å². The number of ketones is 1. The maximum Gasteiger partial charge on any atom is 0.451 e. The molecule has 0 spiro atoms. The third kappa shape index (κ3) is 4.70. The number of amides is 1. The number of likely N-dealkylation sites (tertiary alicyclic amines) is 1. The minimum Gasteiger partial charge on any atom is -0.445 e. The van der Waals surface area contributed by atoms with Gasteiger partial charge in [-0.15, -0.1) is 0 Å². The van der Waals surface area contributed by atoms with E-state index in [0.717, 1.165) is 5.56 Å². The minimum absolute atomic E-state index is 0.131. The molecule has 1 aromatic rings. The number of Topliss-reactive ketones (excluding diaryl/α,β-unsaturated/α-hetero) is 1. The number of nitrogens with two attached hydrogens (primary N) is 1. The van der Waals surface area contributed by atoms with Gasteiger partial charge in [0.25, 0.3) is 5.78 Å². The third-order valence-electron chi connectivity index (χ3n) is 4.09. The molecule has 0 aromatic heterocycles. The summed E-state index contributed by atoms with van der Waals surface area (Å²) in [5.74, 6) is -2.50. The monoisotopic (exact) mass is 344 g/mol. The lowest BCUT2D eigenvalue weighted by atomic mass is 9.87. The summed E-state index contributed by atoms with van der Waals surface area (Å²) in [6.45, 7) is 0.569. The molecule has 1 aliphatic rings. The number of carbonyl (C=O) groups excluding carboxylic acids is 2. The van der Waals surface area contributed by atoms with Crippen molar-refractivity contribution in [2.45, 2.75) is 31.7 Å². The van der Waals surface area contributed by atoms with Gasteiger partial charge in [0.1, 0.15) is 6.61 Å². The van der Waals surface area contributed by atoms with Crippen LogP contribution in [0.15, 0.2) is 30.3 Å². The quantitative estimate of drug-likeness (QED) is 0.911. The van der Waals surface area contributed by atoms with Crippen molar-refractivity contribution in [1.29, 1.82) is 0 Å². The summed E-state index contributed by atoms with van der Waals surface area (Å²) in [6, 6.07) is 7.57. The lowest BCUT2D eigenvalue weighted by molar-refractivity contribution is -0.174. The fourth-order valence-electron chi connectivity index (χ4n) is 2.65. The molecule has 1 saturated heterocycles. The van der Waals surface area contributed by atoms with Gasteiger partial charge in [-0.2, -0.15) is 13.2 Å². The largest absolute Gasteiger partial charge is 0.451 e. The third-order valence-corrected chi connectivity index (χ3v) is 4.09. The number of piperidine rings is 1. The van der Waals surface area contributed by atoms with E-state index in [0.29, 0.717) is 0 Å². The average molecular weight is 344 g/mol. The summed E-state index contributed by atoms with van der Waals surface area (Å²) in [6.07, 6.45) is -4.97. The van der Waals surface area contributed by atoms with Crippen LogP contribution in [-0.2, 0) is 16.1 Å². The Morgan fingerprint density at radius 1 is 1.21 bits per heavy atom. The molecule has 2 N–H and O–H groups in total.